The standard InChI is InChI=1S/C10H8N2O2/c1-7-4-5-11-6-8(7)12-9(13)2-3-10(12)14/h2-6H,1H3. The van der Waals surface area contributed by atoms with E-state index in [1.165, 1.54) is 18.3 Å². The van der Waals surface area contributed by atoms with Crippen molar-refractivity contribution in [2.45, 2.75) is 6.92 Å². The summed E-state index contributed by atoms with van der Waals surface area (Å²) >= 11 is 0. The second kappa shape index (κ2) is 3.06. The van der Waals surface area contributed by atoms with Gasteiger partial charge in [-0.05, 0) is 18.6 Å². The highest BCUT2D eigenvalue weighted by atomic mass is 16.2. The Kier molecular flexibility index (Phi) is 1.89. The molecule has 0 atom stereocenters. The molecule has 0 spiro atoms. The number of carbonyl (C=O) groups is 2. The molecule has 2 amide bonds. The molecule has 0 aliphatic carbocycles. The molecule has 4 heteroatoms. The molecule has 2 heterocycles. The minimum absolute atomic E-state index is 0.314. The van der Waals surface area contributed by atoms with Crippen molar-refractivity contribution in [1.82, 2.24) is 4.98 Å². The number of hydrogen-bond donors (Lipinski definition) is 0. The maximum atomic E-state index is 11.3. The van der Waals surface area contributed by atoms with Crippen LogP contribution >= 0.6 is 0 Å². The van der Waals surface area contributed by atoms with Crippen LogP contribution in [0.5, 0.6) is 0 Å². The molecule has 0 saturated carbocycles. The SMILES string of the molecule is Cc1ccncc1N1C(=O)C=CC1=O. The lowest BCUT2D eigenvalue weighted by atomic mass is 10.2. The molecule has 4 nitrogen and oxygen atoms in total. The number of rotatable bonds is 1. The summed E-state index contributed by atoms with van der Waals surface area (Å²) in [6.07, 6.45) is 5.65. The third-order valence-corrected chi connectivity index (χ3v) is 2.06. The molecular weight excluding hydrogens is 180 g/mol. The molecule has 0 N–H and O–H groups in total. The molecule has 0 unspecified atom stereocenters. The van der Waals surface area contributed by atoms with E-state index in [0.717, 1.165) is 10.5 Å². The summed E-state index contributed by atoms with van der Waals surface area (Å²) < 4.78 is 0. The zero-order chi connectivity index (χ0) is 10.1. The third kappa shape index (κ3) is 1.21. The van der Waals surface area contributed by atoms with Crippen LogP contribution in [0.25, 0.3) is 0 Å². The fraction of sp³-hybridized carbons (Fsp3) is 0.100. The Balaban J connectivity index is 2.46. The summed E-state index contributed by atoms with van der Waals surface area (Å²) in [5.41, 5.74) is 1.40. The Bertz CT molecular complexity index is 420. The van der Waals surface area contributed by atoms with Crippen molar-refractivity contribution < 1.29 is 9.59 Å². The van der Waals surface area contributed by atoms with Crippen LogP contribution in [0, 0.1) is 6.92 Å². The minimum atomic E-state index is -0.314. The zero-order valence-electron chi connectivity index (χ0n) is 7.60. The van der Waals surface area contributed by atoms with Crippen LogP contribution in [-0.2, 0) is 9.59 Å². The summed E-state index contributed by atoms with van der Waals surface area (Å²) in [7, 11) is 0. The zero-order valence-corrected chi connectivity index (χ0v) is 7.60. The van der Waals surface area contributed by atoms with Crippen molar-refractivity contribution in [1.29, 1.82) is 0 Å². The van der Waals surface area contributed by atoms with Gasteiger partial charge in [0, 0.05) is 18.3 Å². The predicted octanol–water partition coefficient (Wildman–Crippen LogP) is 0.819. The van der Waals surface area contributed by atoms with E-state index in [9.17, 15) is 9.59 Å². The lowest BCUT2D eigenvalue weighted by Gasteiger charge is -2.15. The first-order valence-electron chi connectivity index (χ1n) is 4.17. The number of hydrogen-bond acceptors (Lipinski definition) is 3. The van der Waals surface area contributed by atoms with Gasteiger partial charge in [0.2, 0.25) is 0 Å². The molecule has 70 valence electrons. The maximum absolute atomic E-state index is 11.3. The number of amides is 2. The van der Waals surface area contributed by atoms with Gasteiger partial charge in [-0.25, -0.2) is 4.90 Å². The van der Waals surface area contributed by atoms with Crippen molar-refractivity contribution in [3.05, 3.63) is 36.2 Å². The van der Waals surface area contributed by atoms with Crippen LogP contribution in [-0.4, -0.2) is 16.8 Å². The van der Waals surface area contributed by atoms with Gasteiger partial charge in [-0.1, -0.05) is 0 Å². The Morgan fingerprint density at radius 3 is 2.43 bits per heavy atom. The Labute approximate surface area is 80.9 Å². The van der Waals surface area contributed by atoms with E-state index in [1.54, 1.807) is 12.3 Å². The van der Waals surface area contributed by atoms with Crippen LogP contribution in [0.4, 0.5) is 5.69 Å². The van der Waals surface area contributed by atoms with Gasteiger partial charge >= 0.3 is 0 Å². The monoisotopic (exact) mass is 188 g/mol. The first-order chi connectivity index (χ1) is 6.70. The van der Waals surface area contributed by atoms with Crippen LogP contribution in [0.2, 0.25) is 0 Å². The highest BCUT2D eigenvalue weighted by molar-refractivity contribution is 6.28. The van der Waals surface area contributed by atoms with Crippen LogP contribution in [0.1, 0.15) is 5.56 Å². The number of nitrogens with zero attached hydrogens (tertiary/aromatic N) is 2. The minimum Gasteiger partial charge on any atom is -0.269 e. The van der Waals surface area contributed by atoms with Crippen LogP contribution in [0.3, 0.4) is 0 Å². The first-order valence-corrected chi connectivity index (χ1v) is 4.17. The van der Waals surface area contributed by atoms with Crippen molar-refractivity contribution in [3.8, 4) is 0 Å². The summed E-state index contributed by atoms with van der Waals surface area (Å²) in [6.45, 7) is 1.83. The van der Waals surface area contributed by atoms with E-state index in [4.69, 9.17) is 0 Å². The highest BCUT2D eigenvalue weighted by Gasteiger charge is 2.26. The van der Waals surface area contributed by atoms with Gasteiger partial charge in [-0.15, -0.1) is 0 Å². The molecule has 0 bridgehead atoms. The fourth-order valence-electron chi connectivity index (χ4n) is 1.33. The van der Waals surface area contributed by atoms with Crippen molar-refractivity contribution in [3.63, 3.8) is 0 Å². The van der Waals surface area contributed by atoms with E-state index < -0.39 is 0 Å². The smallest absolute Gasteiger partial charge is 0.258 e. The van der Waals surface area contributed by atoms with Crippen molar-refractivity contribution in [2.75, 3.05) is 4.90 Å². The number of aromatic nitrogens is 1. The van der Waals surface area contributed by atoms with E-state index >= 15 is 0 Å². The summed E-state index contributed by atoms with van der Waals surface area (Å²) in [4.78, 5) is 27.7. The number of carbonyl (C=O) groups excluding carboxylic acids is 2. The first kappa shape index (κ1) is 8.62. The van der Waals surface area contributed by atoms with Crippen molar-refractivity contribution in [2.24, 2.45) is 0 Å². The maximum Gasteiger partial charge on any atom is 0.258 e. The second-order valence-corrected chi connectivity index (χ2v) is 3.01. The number of aryl methyl sites for hydroxylation is 1. The Hall–Kier alpha value is -1.97. The van der Waals surface area contributed by atoms with Gasteiger partial charge in [0.1, 0.15) is 0 Å². The number of pyridine rings is 1. The molecule has 1 aliphatic rings. The molecule has 2 rings (SSSR count). The van der Waals surface area contributed by atoms with Crippen molar-refractivity contribution >= 4 is 17.5 Å². The van der Waals surface area contributed by atoms with E-state index in [0.29, 0.717) is 5.69 Å². The number of anilines is 1. The van der Waals surface area contributed by atoms with E-state index in [2.05, 4.69) is 4.98 Å². The molecular formula is C10H8N2O2. The normalized spacial score (nSPS) is 15.4. The average molecular weight is 188 g/mol. The predicted molar refractivity (Wildman–Crippen MR) is 50.6 cm³/mol. The molecule has 0 radical (unpaired) electrons. The van der Waals surface area contributed by atoms with Gasteiger partial charge in [-0.2, -0.15) is 0 Å². The number of imide groups is 1. The van der Waals surface area contributed by atoms with Gasteiger partial charge in [0.25, 0.3) is 11.8 Å². The average Bonchev–Trinajstić information content (AvgIpc) is 2.48. The largest absolute Gasteiger partial charge is 0.269 e. The summed E-state index contributed by atoms with van der Waals surface area (Å²) in [6, 6.07) is 1.76. The van der Waals surface area contributed by atoms with E-state index in [-0.39, 0.29) is 11.8 Å². The fourth-order valence-corrected chi connectivity index (χ4v) is 1.33. The second-order valence-electron chi connectivity index (χ2n) is 3.01. The van der Waals surface area contributed by atoms with Gasteiger partial charge < -0.3 is 0 Å². The molecule has 0 saturated heterocycles. The van der Waals surface area contributed by atoms with E-state index in [1.807, 2.05) is 6.92 Å². The van der Waals surface area contributed by atoms with Crippen LogP contribution in [0.15, 0.2) is 30.6 Å². The molecule has 1 aromatic heterocycles. The molecule has 0 aromatic carbocycles. The Morgan fingerprint density at radius 1 is 1.21 bits per heavy atom. The lowest BCUT2D eigenvalue weighted by molar-refractivity contribution is -0.119. The van der Waals surface area contributed by atoms with Gasteiger partial charge in [0.05, 0.1) is 11.9 Å². The molecule has 1 aromatic rings. The molecule has 0 fully saturated rings. The summed E-state index contributed by atoms with van der Waals surface area (Å²) in [5, 5.41) is 0. The van der Waals surface area contributed by atoms with Crippen LogP contribution < -0.4 is 4.90 Å². The summed E-state index contributed by atoms with van der Waals surface area (Å²) in [5.74, 6) is -0.628. The topological polar surface area (TPSA) is 50.3 Å². The quantitative estimate of drug-likeness (QED) is 0.613. The third-order valence-electron chi connectivity index (χ3n) is 2.06. The Morgan fingerprint density at radius 2 is 1.86 bits per heavy atom. The van der Waals surface area contributed by atoms with Gasteiger partial charge in [-0.3, -0.25) is 14.6 Å². The molecule has 1 aliphatic heterocycles. The highest BCUT2D eigenvalue weighted by Crippen LogP contribution is 2.21. The van der Waals surface area contributed by atoms with Gasteiger partial charge in [0.15, 0.2) is 0 Å². The molecule has 14 heavy (non-hydrogen) atoms. The lowest BCUT2D eigenvalue weighted by Crippen LogP contribution is -2.30.